The standard InChI is InChI=1S/C7H12O2/c1-2-7(4-8-5-7)6-3-9-6/h6H,2-5H2,1H3/t6-/m1/s1. The fourth-order valence-electron chi connectivity index (χ4n) is 1.38. The van der Waals surface area contributed by atoms with E-state index in [1.165, 1.54) is 6.42 Å². The minimum absolute atomic E-state index is 0.431. The maximum atomic E-state index is 5.23. The summed E-state index contributed by atoms with van der Waals surface area (Å²) in [6, 6.07) is 0. The molecule has 0 radical (unpaired) electrons. The molecule has 2 aliphatic rings. The van der Waals surface area contributed by atoms with E-state index in [4.69, 9.17) is 9.47 Å². The molecule has 0 saturated carbocycles. The van der Waals surface area contributed by atoms with E-state index in [0.717, 1.165) is 19.8 Å². The molecule has 0 amide bonds. The number of hydrogen-bond donors (Lipinski definition) is 0. The van der Waals surface area contributed by atoms with Crippen molar-refractivity contribution in [2.45, 2.75) is 19.4 Å². The molecule has 0 N–H and O–H groups in total. The summed E-state index contributed by atoms with van der Waals surface area (Å²) >= 11 is 0. The van der Waals surface area contributed by atoms with Crippen LogP contribution in [0.2, 0.25) is 0 Å². The van der Waals surface area contributed by atoms with Gasteiger partial charge in [-0.25, -0.2) is 0 Å². The van der Waals surface area contributed by atoms with Crippen LogP contribution < -0.4 is 0 Å². The second-order valence-electron chi connectivity index (χ2n) is 3.03. The van der Waals surface area contributed by atoms with Crippen molar-refractivity contribution in [1.82, 2.24) is 0 Å². The van der Waals surface area contributed by atoms with E-state index in [1.54, 1.807) is 0 Å². The van der Waals surface area contributed by atoms with E-state index in [2.05, 4.69) is 6.92 Å². The second kappa shape index (κ2) is 1.70. The predicted molar refractivity (Wildman–Crippen MR) is 33.3 cm³/mol. The Balaban J connectivity index is 1.99. The number of ether oxygens (including phenoxy) is 2. The molecule has 2 saturated heterocycles. The van der Waals surface area contributed by atoms with Crippen LogP contribution in [0.1, 0.15) is 13.3 Å². The fraction of sp³-hybridized carbons (Fsp3) is 1.00. The van der Waals surface area contributed by atoms with E-state index < -0.39 is 0 Å². The van der Waals surface area contributed by atoms with Crippen molar-refractivity contribution < 1.29 is 9.47 Å². The third kappa shape index (κ3) is 0.700. The van der Waals surface area contributed by atoms with E-state index in [-0.39, 0.29) is 0 Å². The summed E-state index contributed by atoms with van der Waals surface area (Å²) < 4.78 is 10.4. The molecule has 9 heavy (non-hydrogen) atoms. The van der Waals surface area contributed by atoms with Crippen molar-refractivity contribution in [3.63, 3.8) is 0 Å². The third-order valence-corrected chi connectivity index (χ3v) is 2.50. The average Bonchev–Trinajstić information content (AvgIpc) is 2.47. The lowest BCUT2D eigenvalue weighted by atomic mass is 9.80. The first-order chi connectivity index (χ1) is 4.37. The van der Waals surface area contributed by atoms with Crippen LogP contribution in [0.4, 0.5) is 0 Å². The van der Waals surface area contributed by atoms with Crippen LogP contribution in [0.25, 0.3) is 0 Å². The van der Waals surface area contributed by atoms with Crippen LogP contribution in [0.3, 0.4) is 0 Å². The quantitative estimate of drug-likeness (QED) is 0.513. The molecule has 52 valence electrons. The zero-order chi connectivity index (χ0) is 6.32. The van der Waals surface area contributed by atoms with Crippen molar-refractivity contribution in [2.75, 3.05) is 19.8 Å². The largest absolute Gasteiger partial charge is 0.380 e. The van der Waals surface area contributed by atoms with Gasteiger partial charge in [-0.15, -0.1) is 0 Å². The molecule has 2 aliphatic heterocycles. The molecule has 0 aromatic carbocycles. The maximum absolute atomic E-state index is 5.23. The summed E-state index contributed by atoms with van der Waals surface area (Å²) in [5.74, 6) is 0. The van der Waals surface area contributed by atoms with Crippen LogP contribution in [0.15, 0.2) is 0 Å². The lowest BCUT2D eigenvalue weighted by Gasteiger charge is -2.39. The fourth-order valence-corrected chi connectivity index (χ4v) is 1.38. The van der Waals surface area contributed by atoms with Crippen molar-refractivity contribution in [3.05, 3.63) is 0 Å². The van der Waals surface area contributed by atoms with Gasteiger partial charge in [-0.2, -0.15) is 0 Å². The van der Waals surface area contributed by atoms with Crippen molar-refractivity contribution >= 4 is 0 Å². The van der Waals surface area contributed by atoms with Crippen LogP contribution in [-0.4, -0.2) is 25.9 Å². The van der Waals surface area contributed by atoms with Crippen molar-refractivity contribution in [1.29, 1.82) is 0 Å². The molecule has 0 aromatic heterocycles. The highest BCUT2D eigenvalue weighted by atomic mass is 16.6. The van der Waals surface area contributed by atoms with Gasteiger partial charge in [0.1, 0.15) is 0 Å². The van der Waals surface area contributed by atoms with E-state index in [9.17, 15) is 0 Å². The SMILES string of the molecule is CCC1([C@H]2CO2)COC1. The molecule has 2 heterocycles. The van der Waals surface area contributed by atoms with Crippen LogP contribution in [0.5, 0.6) is 0 Å². The number of epoxide rings is 1. The Bertz CT molecular complexity index is 109. The van der Waals surface area contributed by atoms with E-state index in [1.807, 2.05) is 0 Å². The smallest absolute Gasteiger partial charge is 0.0910 e. The van der Waals surface area contributed by atoms with Gasteiger partial charge in [-0.3, -0.25) is 0 Å². The van der Waals surface area contributed by atoms with Gasteiger partial charge in [0.15, 0.2) is 0 Å². The molecule has 0 aromatic rings. The van der Waals surface area contributed by atoms with Gasteiger partial charge in [0.2, 0.25) is 0 Å². The maximum Gasteiger partial charge on any atom is 0.0910 e. The highest BCUT2D eigenvalue weighted by Gasteiger charge is 2.50. The van der Waals surface area contributed by atoms with Gasteiger partial charge in [0, 0.05) is 5.41 Å². The van der Waals surface area contributed by atoms with Crippen molar-refractivity contribution in [3.8, 4) is 0 Å². The predicted octanol–water partition coefficient (Wildman–Crippen LogP) is 0.812. The van der Waals surface area contributed by atoms with Gasteiger partial charge < -0.3 is 9.47 Å². The van der Waals surface area contributed by atoms with Gasteiger partial charge in [-0.1, -0.05) is 6.92 Å². The Morgan fingerprint density at radius 3 is 2.33 bits per heavy atom. The summed E-state index contributed by atoms with van der Waals surface area (Å²) in [6.07, 6.45) is 1.74. The molecule has 2 fully saturated rings. The van der Waals surface area contributed by atoms with Crippen LogP contribution in [0, 0.1) is 5.41 Å². The summed E-state index contributed by atoms with van der Waals surface area (Å²) in [5, 5.41) is 0. The van der Waals surface area contributed by atoms with E-state index >= 15 is 0 Å². The van der Waals surface area contributed by atoms with Crippen LogP contribution >= 0.6 is 0 Å². The zero-order valence-electron chi connectivity index (χ0n) is 5.72. The first-order valence-corrected chi connectivity index (χ1v) is 3.57. The lowest BCUT2D eigenvalue weighted by molar-refractivity contribution is -0.127. The summed E-state index contributed by atoms with van der Waals surface area (Å²) in [7, 11) is 0. The Hall–Kier alpha value is -0.0800. The first kappa shape index (κ1) is 5.69. The molecule has 1 atom stereocenters. The lowest BCUT2D eigenvalue weighted by Crippen LogP contribution is -2.46. The third-order valence-electron chi connectivity index (χ3n) is 2.50. The highest BCUT2D eigenvalue weighted by Crippen LogP contribution is 2.42. The topological polar surface area (TPSA) is 21.8 Å². The first-order valence-electron chi connectivity index (χ1n) is 3.57. The molecular formula is C7H12O2. The molecule has 2 heteroatoms. The van der Waals surface area contributed by atoms with Crippen LogP contribution in [-0.2, 0) is 9.47 Å². The van der Waals surface area contributed by atoms with Gasteiger partial charge >= 0.3 is 0 Å². The Morgan fingerprint density at radius 1 is 1.56 bits per heavy atom. The molecule has 0 bridgehead atoms. The normalized spacial score (nSPS) is 37.7. The Kier molecular flexibility index (Phi) is 1.08. The number of hydrogen-bond acceptors (Lipinski definition) is 2. The van der Waals surface area contributed by atoms with Gasteiger partial charge in [0.25, 0.3) is 0 Å². The second-order valence-corrected chi connectivity index (χ2v) is 3.03. The monoisotopic (exact) mass is 128 g/mol. The van der Waals surface area contributed by atoms with Gasteiger partial charge in [-0.05, 0) is 6.42 Å². The number of rotatable bonds is 2. The van der Waals surface area contributed by atoms with Crippen molar-refractivity contribution in [2.24, 2.45) is 5.41 Å². The zero-order valence-corrected chi connectivity index (χ0v) is 5.72. The highest BCUT2D eigenvalue weighted by molar-refractivity contribution is 4.97. The average molecular weight is 128 g/mol. The summed E-state index contributed by atoms with van der Waals surface area (Å²) in [5.41, 5.74) is 0.431. The minimum Gasteiger partial charge on any atom is -0.380 e. The molecule has 2 rings (SSSR count). The summed E-state index contributed by atoms with van der Waals surface area (Å²) in [6.45, 7) is 5.03. The Labute approximate surface area is 55.1 Å². The minimum atomic E-state index is 0.431. The summed E-state index contributed by atoms with van der Waals surface area (Å²) in [4.78, 5) is 0. The molecule has 0 spiro atoms. The van der Waals surface area contributed by atoms with E-state index in [0.29, 0.717) is 11.5 Å². The molecule has 0 aliphatic carbocycles. The molecule has 2 nitrogen and oxygen atoms in total. The Morgan fingerprint density at radius 2 is 2.22 bits per heavy atom. The molecular weight excluding hydrogens is 116 g/mol. The molecule has 0 unspecified atom stereocenters. The van der Waals surface area contributed by atoms with Gasteiger partial charge in [0.05, 0.1) is 25.9 Å².